The summed E-state index contributed by atoms with van der Waals surface area (Å²) in [5.74, 6) is 0.466. The Morgan fingerprint density at radius 1 is 1.19 bits per heavy atom. The van der Waals surface area contributed by atoms with Crippen molar-refractivity contribution < 1.29 is 9.53 Å². The number of rotatable bonds is 5. The number of amides is 1. The zero-order chi connectivity index (χ0) is 15.2. The van der Waals surface area contributed by atoms with Gasteiger partial charge in [-0.25, -0.2) is 0 Å². The summed E-state index contributed by atoms with van der Waals surface area (Å²) in [4.78, 5) is 11.9. The predicted molar refractivity (Wildman–Crippen MR) is 86.6 cm³/mol. The molecule has 2 N–H and O–H groups in total. The molecule has 0 bridgehead atoms. The zero-order valence-electron chi connectivity index (χ0n) is 11.3. The molecular weight excluding hydrogens is 311 g/mol. The molecule has 0 aliphatic heterocycles. The summed E-state index contributed by atoms with van der Waals surface area (Å²) in [6, 6.07) is 12.1. The zero-order valence-corrected chi connectivity index (χ0v) is 12.8. The minimum absolute atomic E-state index is 0.0827. The third kappa shape index (κ3) is 4.55. The van der Waals surface area contributed by atoms with Crippen LogP contribution in [-0.2, 0) is 4.79 Å². The second-order valence-corrected chi connectivity index (χ2v) is 5.10. The normalized spacial score (nSPS) is 10.0. The molecule has 0 heterocycles. The van der Waals surface area contributed by atoms with E-state index in [9.17, 15) is 4.79 Å². The maximum Gasteiger partial charge on any atom is 0.243 e. The van der Waals surface area contributed by atoms with E-state index in [1.165, 1.54) is 0 Å². The van der Waals surface area contributed by atoms with E-state index in [1.54, 1.807) is 49.6 Å². The number of carbonyl (C=O) groups excluding carboxylic acids is 1. The maximum atomic E-state index is 11.9. The van der Waals surface area contributed by atoms with E-state index in [0.717, 1.165) is 0 Å². The SMILES string of the molecule is COc1ccc(Cl)c(NCC(=O)Nc2cccc(Cl)c2)c1. The number of benzene rings is 2. The summed E-state index contributed by atoms with van der Waals surface area (Å²) >= 11 is 11.9. The number of halogens is 2. The van der Waals surface area contributed by atoms with Crippen LogP contribution in [0.1, 0.15) is 0 Å². The second-order valence-electron chi connectivity index (χ2n) is 4.26. The molecule has 0 atom stereocenters. The summed E-state index contributed by atoms with van der Waals surface area (Å²) in [6.07, 6.45) is 0. The van der Waals surface area contributed by atoms with Gasteiger partial charge in [-0.1, -0.05) is 29.3 Å². The molecule has 2 rings (SSSR count). The Morgan fingerprint density at radius 3 is 2.71 bits per heavy atom. The van der Waals surface area contributed by atoms with Crippen LogP contribution in [0.2, 0.25) is 10.0 Å². The Balaban J connectivity index is 1.95. The predicted octanol–water partition coefficient (Wildman–Crippen LogP) is 4.05. The molecule has 0 radical (unpaired) electrons. The summed E-state index contributed by atoms with van der Waals surface area (Å²) in [5.41, 5.74) is 1.28. The third-order valence-corrected chi connectivity index (χ3v) is 3.29. The number of anilines is 2. The molecule has 0 aromatic heterocycles. The van der Waals surface area contributed by atoms with E-state index < -0.39 is 0 Å². The molecule has 0 spiro atoms. The average Bonchev–Trinajstić information content (AvgIpc) is 2.46. The molecule has 4 nitrogen and oxygen atoms in total. The van der Waals surface area contributed by atoms with Gasteiger partial charge in [0.15, 0.2) is 0 Å². The van der Waals surface area contributed by atoms with Gasteiger partial charge in [0.25, 0.3) is 0 Å². The number of nitrogens with one attached hydrogen (secondary N) is 2. The average molecular weight is 325 g/mol. The second kappa shape index (κ2) is 7.20. The van der Waals surface area contributed by atoms with Crippen molar-refractivity contribution in [3.63, 3.8) is 0 Å². The molecule has 0 saturated carbocycles. The molecule has 110 valence electrons. The van der Waals surface area contributed by atoms with Crippen LogP contribution in [0.4, 0.5) is 11.4 Å². The first kappa shape index (κ1) is 15.5. The molecule has 2 aromatic rings. The van der Waals surface area contributed by atoms with Crippen molar-refractivity contribution >= 4 is 40.5 Å². The van der Waals surface area contributed by atoms with Crippen LogP contribution in [0.5, 0.6) is 5.75 Å². The van der Waals surface area contributed by atoms with E-state index in [-0.39, 0.29) is 12.5 Å². The molecule has 0 unspecified atom stereocenters. The standard InChI is InChI=1S/C15H14Cl2N2O2/c1-21-12-5-6-13(17)14(8-12)18-9-15(20)19-11-4-2-3-10(16)7-11/h2-8,18H,9H2,1H3,(H,19,20). The van der Waals surface area contributed by atoms with Crippen molar-refractivity contribution in [3.8, 4) is 5.75 Å². The van der Waals surface area contributed by atoms with Crippen LogP contribution in [0, 0.1) is 0 Å². The molecule has 0 saturated heterocycles. The first-order chi connectivity index (χ1) is 10.1. The molecular formula is C15H14Cl2N2O2. The molecule has 2 aromatic carbocycles. The largest absolute Gasteiger partial charge is 0.497 e. The number of methoxy groups -OCH3 is 1. The highest BCUT2D eigenvalue weighted by Crippen LogP contribution is 2.26. The van der Waals surface area contributed by atoms with E-state index in [1.807, 2.05) is 0 Å². The van der Waals surface area contributed by atoms with Crippen molar-refractivity contribution in [1.82, 2.24) is 0 Å². The van der Waals surface area contributed by atoms with Crippen molar-refractivity contribution in [1.29, 1.82) is 0 Å². The van der Waals surface area contributed by atoms with Crippen LogP contribution in [0.25, 0.3) is 0 Å². The molecule has 6 heteroatoms. The maximum absolute atomic E-state index is 11.9. The van der Waals surface area contributed by atoms with Crippen molar-refractivity contribution in [2.45, 2.75) is 0 Å². The Morgan fingerprint density at radius 2 is 2.00 bits per heavy atom. The van der Waals surface area contributed by atoms with Crippen LogP contribution < -0.4 is 15.4 Å². The Bertz CT molecular complexity index is 647. The lowest BCUT2D eigenvalue weighted by Gasteiger charge is -2.10. The Kier molecular flexibility index (Phi) is 5.31. The van der Waals surface area contributed by atoms with Gasteiger partial charge in [-0.3, -0.25) is 4.79 Å². The van der Waals surface area contributed by atoms with E-state index in [4.69, 9.17) is 27.9 Å². The van der Waals surface area contributed by atoms with Crippen molar-refractivity contribution in [2.24, 2.45) is 0 Å². The summed E-state index contributed by atoms with van der Waals surface area (Å²) < 4.78 is 5.11. The number of ether oxygens (including phenoxy) is 1. The lowest BCUT2D eigenvalue weighted by molar-refractivity contribution is -0.114. The van der Waals surface area contributed by atoms with Gasteiger partial charge < -0.3 is 15.4 Å². The first-order valence-corrected chi connectivity index (χ1v) is 6.97. The minimum Gasteiger partial charge on any atom is -0.497 e. The van der Waals surface area contributed by atoms with E-state index in [0.29, 0.717) is 27.2 Å². The molecule has 0 aliphatic rings. The van der Waals surface area contributed by atoms with Crippen molar-refractivity contribution in [2.75, 3.05) is 24.3 Å². The highest BCUT2D eigenvalue weighted by molar-refractivity contribution is 6.33. The van der Waals surface area contributed by atoms with Gasteiger partial charge >= 0.3 is 0 Å². The van der Waals surface area contributed by atoms with Crippen LogP contribution in [0.15, 0.2) is 42.5 Å². The molecule has 0 fully saturated rings. The van der Waals surface area contributed by atoms with Gasteiger partial charge in [0.2, 0.25) is 5.91 Å². The molecule has 21 heavy (non-hydrogen) atoms. The fourth-order valence-electron chi connectivity index (χ4n) is 1.71. The quantitative estimate of drug-likeness (QED) is 0.872. The van der Waals surface area contributed by atoms with Crippen molar-refractivity contribution in [3.05, 3.63) is 52.5 Å². The number of hydrogen-bond donors (Lipinski definition) is 2. The summed E-state index contributed by atoms with van der Waals surface area (Å²) in [6.45, 7) is 0.0827. The van der Waals surface area contributed by atoms with Crippen LogP contribution >= 0.6 is 23.2 Å². The molecule has 0 aliphatic carbocycles. The minimum atomic E-state index is -0.198. The first-order valence-electron chi connectivity index (χ1n) is 6.21. The third-order valence-electron chi connectivity index (χ3n) is 2.72. The summed E-state index contributed by atoms with van der Waals surface area (Å²) in [5, 5.41) is 6.79. The number of carbonyl (C=O) groups is 1. The Labute approximate surface area is 133 Å². The fraction of sp³-hybridized carbons (Fsp3) is 0.133. The Hall–Kier alpha value is -1.91. The topological polar surface area (TPSA) is 50.4 Å². The van der Waals surface area contributed by atoms with Gasteiger partial charge in [-0.05, 0) is 30.3 Å². The van der Waals surface area contributed by atoms with Gasteiger partial charge in [0, 0.05) is 16.8 Å². The number of hydrogen-bond acceptors (Lipinski definition) is 3. The highest BCUT2D eigenvalue weighted by Gasteiger charge is 2.06. The van der Waals surface area contributed by atoms with Crippen LogP contribution in [0.3, 0.4) is 0 Å². The fourth-order valence-corrected chi connectivity index (χ4v) is 2.09. The van der Waals surface area contributed by atoms with E-state index in [2.05, 4.69) is 10.6 Å². The monoisotopic (exact) mass is 324 g/mol. The van der Waals surface area contributed by atoms with Gasteiger partial charge in [-0.2, -0.15) is 0 Å². The highest BCUT2D eigenvalue weighted by atomic mass is 35.5. The lowest BCUT2D eigenvalue weighted by Crippen LogP contribution is -2.21. The van der Waals surface area contributed by atoms with Gasteiger partial charge in [0.05, 0.1) is 24.4 Å². The van der Waals surface area contributed by atoms with Crippen LogP contribution in [-0.4, -0.2) is 19.6 Å². The smallest absolute Gasteiger partial charge is 0.243 e. The van der Waals surface area contributed by atoms with E-state index >= 15 is 0 Å². The van der Waals surface area contributed by atoms with Gasteiger partial charge in [0.1, 0.15) is 5.75 Å². The lowest BCUT2D eigenvalue weighted by atomic mass is 10.3. The summed E-state index contributed by atoms with van der Waals surface area (Å²) in [7, 11) is 1.57. The molecule has 1 amide bonds. The van der Waals surface area contributed by atoms with Gasteiger partial charge in [-0.15, -0.1) is 0 Å².